The maximum atomic E-state index is 6.24. The van der Waals surface area contributed by atoms with Gasteiger partial charge in [0, 0.05) is 56.6 Å². The molecule has 0 unspecified atom stereocenters. The monoisotopic (exact) mass is 527 g/mol. The third kappa shape index (κ3) is 6.32. The van der Waals surface area contributed by atoms with Crippen molar-refractivity contribution in [2.24, 2.45) is 5.10 Å². The molecule has 6 heteroatoms. The van der Waals surface area contributed by atoms with Crippen LogP contribution in [0.2, 0.25) is 10.0 Å². The molecular weight excluding hydrogens is 502 g/mol. The van der Waals surface area contributed by atoms with Crippen molar-refractivity contribution < 1.29 is 32.7 Å². The predicted octanol–water partition coefficient (Wildman–Crippen LogP) is 6.95. The van der Waals surface area contributed by atoms with Gasteiger partial charge in [-0.2, -0.15) is 5.10 Å². The van der Waals surface area contributed by atoms with E-state index >= 15 is 0 Å². The quantitative estimate of drug-likeness (QED) is 0.376. The number of allylic oxidation sites excluding steroid dienone is 2. The summed E-state index contributed by atoms with van der Waals surface area (Å²) in [5.41, 5.74) is 7.08. The molecule has 0 saturated carbocycles. The van der Waals surface area contributed by atoms with Gasteiger partial charge in [0.2, 0.25) is 0 Å². The van der Waals surface area contributed by atoms with Gasteiger partial charge in [-0.15, -0.1) is 6.42 Å². The molecule has 0 atom stereocenters. The Morgan fingerprint density at radius 1 is 1.13 bits per heavy atom. The molecule has 31 heavy (non-hydrogen) atoms. The molecule has 1 N–H and O–H groups in total. The molecule has 159 valence electrons. The largest absolute Gasteiger partial charge is 0.535 e. The molecule has 1 radical (unpaired) electrons. The summed E-state index contributed by atoms with van der Waals surface area (Å²) in [5.74, 6) is 0. The molecule has 0 amide bonds. The van der Waals surface area contributed by atoms with E-state index in [0.717, 1.165) is 36.1 Å². The van der Waals surface area contributed by atoms with Crippen molar-refractivity contribution in [1.29, 1.82) is 0 Å². The summed E-state index contributed by atoms with van der Waals surface area (Å²) in [6.45, 7) is 12.4. The zero-order valence-electron chi connectivity index (χ0n) is 18.0. The number of benzene rings is 2. The maximum absolute atomic E-state index is 6.24. The number of halogens is 2. The van der Waals surface area contributed by atoms with Crippen LogP contribution in [0.4, 0.5) is 0 Å². The van der Waals surface area contributed by atoms with E-state index < -0.39 is 0 Å². The van der Waals surface area contributed by atoms with Crippen molar-refractivity contribution >= 4 is 40.7 Å². The molecule has 0 saturated heterocycles. The second-order valence-electron chi connectivity index (χ2n) is 7.19. The van der Waals surface area contributed by atoms with Gasteiger partial charge < -0.3 is 5.32 Å². The molecule has 3 rings (SSSR count). The number of hydrogen-bond acceptors (Lipinski definition) is 3. The van der Waals surface area contributed by atoms with Gasteiger partial charge in [0.05, 0.1) is 22.0 Å². The first kappa shape index (κ1) is 25.9. The second kappa shape index (κ2) is 12.0. The fourth-order valence-electron chi connectivity index (χ4n) is 3.41. The molecular formula is C25H26Cl2N3Y-. The molecule has 0 aromatic heterocycles. The van der Waals surface area contributed by atoms with Gasteiger partial charge in [0.1, 0.15) is 0 Å². The van der Waals surface area contributed by atoms with E-state index in [9.17, 15) is 0 Å². The van der Waals surface area contributed by atoms with E-state index in [2.05, 4.69) is 54.8 Å². The minimum atomic E-state index is 0. The number of nitrogens with one attached hydrogen (secondary N) is 1. The van der Waals surface area contributed by atoms with E-state index in [1.807, 2.05) is 30.9 Å². The summed E-state index contributed by atoms with van der Waals surface area (Å²) in [6, 6.07) is 14.0. The molecule has 0 bridgehead atoms. The van der Waals surface area contributed by atoms with Crippen LogP contribution in [0.1, 0.15) is 36.5 Å². The van der Waals surface area contributed by atoms with E-state index in [1.165, 1.54) is 16.7 Å². The van der Waals surface area contributed by atoms with Gasteiger partial charge in [-0.1, -0.05) is 85.6 Å². The van der Waals surface area contributed by atoms with E-state index in [-0.39, 0.29) is 32.7 Å². The number of likely N-dealkylation sites (N-methyl/N-ethyl adjacent to an activating group) is 1. The van der Waals surface area contributed by atoms with Crippen molar-refractivity contribution in [3.8, 4) is 0 Å². The average Bonchev–Trinajstić information content (AvgIpc) is 2.72. The molecule has 1 heterocycles. The number of nitrogens with zero attached hydrogens (tertiary/aromatic N) is 2. The smallest absolute Gasteiger partial charge is 0.0600 e. The van der Waals surface area contributed by atoms with Crippen molar-refractivity contribution in [2.45, 2.75) is 26.2 Å². The Kier molecular flexibility index (Phi) is 10.0. The predicted molar refractivity (Wildman–Crippen MR) is 130 cm³/mol. The molecule has 1 aliphatic rings. The Labute approximate surface area is 220 Å². The second-order valence-corrected chi connectivity index (χ2v) is 8.00. The Morgan fingerprint density at radius 3 is 2.39 bits per heavy atom. The molecule has 2 aromatic carbocycles. The van der Waals surface area contributed by atoms with Crippen LogP contribution < -0.4 is 5.32 Å². The first-order valence-electron chi connectivity index (χ1n) is 9.93. The zero-order chi connectivity index (χ0) is 21.7. The van der Waals surface area contributed by atoms with Gasteiger partial charge >= 0.3 is 0 Å². The summed E-state index contributed by atoms with van der Waals surface area (Å²) in [7, 11) is 1.93. The van der Waals surface area contributed by atoms with Crippen LogP contribution in [0, 0.1) is 6.54 Å². The summed E-state index contributed by atoms with van der Waals surface area (Å²) >= 11 is 12.5. The van der Waals surface area contributed by atoms with Gasteiger partial charge in [0.25, 0.3) is 0 Å². The molecule has 0 spiro atoms. The van der Waals surface area contributed by atoms with E-state index in [1.54, 1.807) is 12.1 Å². The molecule has 0 aliphatic carbocycles. The van der Waals surface area contributed by atoms with Crippen molar-refractivity contribution in [1.82, 2.24) is 10.3 Å². The summed E-state index contributed by atoms with van der Waals surface area (Å²) < 4.78 is 0. The minimum Gasteiger partial charge on any atom is -0.535 e. The normalized spacial score (nSPS) is 13.3. The van der Waals surface area contributed by atoms with Gasteiger partial charge in [-0.05, 0) is 29.7 Å². The van der Waals surface area contributed by atoms with Crippen LogP contribution >= 0.6 is 23.2 Å². The third-order valence-corrected chi connectivity index (χ3v) is 5.66. The first-order chi connectivity index (χ1) is 14.4. The van der Waals surface area contributed by atoms with Crippen LogP contribution in [0.15, 0.2) is 72.0 Å². The standard InChI is InChI=1S/C25H26Cl2N3.Y/c1-5-7-21-16-29-30(4)18(3)25(21)20-12-10-19(11-13-20)14-15-28-17(2)24-22(26)8-6-9-23(24)27;/h6,8-13,15-16,28H,2-3,5,7,14H2,1,4H3;/q-1;. The van der Waals surface area contributed by atoms with Crippen molar-refractivity contribution in [2.75, 3.05) is 7.05 Å². The van der Waals surface area contributed by atoms with Crippen LogP contribution in [-0.2, 0) is 39.1 Å². The van der Waals surface area contributed by atoms with Gasteiger partial charge in [-0.25, -0.2) is 6.54 Å². The SMILES string of the molecule is C=C(N[CH-]Cc1ccc(C2=C(CCC)C=NN(C)C2=C)cc1)c1c(Cl)cccc1Cl.[Y]. The number of rotatable bonds is 8. The van der Waals surface area contributed by atoms with Crippen LogP contribution in [0.3, 0.4) is 0 Å². The average molecular weight is 528 g/mol. The van der Waals surface area contributed by atoms with Crippen LogP contribution in [0.5, 0.6) is 0 Å². The number of hydrogen-bond donors (Lipinski definition) is 1. The fraction of sp³-hybridized carbons (Fsp3) is 0.200. The van der Waals surface area contributed by atoms with Crippen molar-refractivity contribution in [3.63, 3.8) is 0 Å². The Bertz CT molecular complexity index is 990. The summed E-state index contributed by atoms with van der Waals surface area (Å²) in [4.78, 5) is 0. The molecule has 1 aliphatic heterocycles. The topological polar surface area (TPSA) is 27.6 Å². The number of hydrazone groups is 1. The Balaban J connectivity index is 0.00000341. The fourth-order valence-corrected chi connectivity index (χ4v) is 4.03. The Morgan fingerprint density at radius 2 is 1.77 bits per heavy atom. The molecule has 3 nitrogen and oxygen atoms in total. The maximum Gasteiger partial charge on any atom is 0.0600 e. The first-order valence-corrected chi connectivity index (χ1v) is 10.7. The van der Waals surface area contributed by atoms with Crippen LogP contribution in [0.25, 0.3) is 11.3 Å². The van der Waals surface area contributed by atoms with Crippen LogP contribution in [-0.4, -0.2) is 18.3 Å². The zero-order valence-corrected chi connectivity index (χ0v) is 22.3. The van der Waals surface area contributed by atoms with Gasteiger partial charge in [-0.3, -0.25) is 5.01 Å². The Hall–Kier alpha value is -1.39. The summed E-state index contributed by atoms with van der Waals surface area (Å²) in [6.07, 6.45) is 4.74. The minimum absolute atomic E-state index is 0. The van der Waals surface area contributed by atoms with Gasteiger partial charge in [0.15, 0.2) is 0 Å². The molecule has 2 aromatic rings. The molecule has 0 fully saturated rings. The van der Waals surface area contributed by atoms with E-state index in [4.69, 9.17) is 23.2 Å². The summed E-state index contributed by atoms with van der Waals surface area (Å²) in [5, 5.41) is 10.6. The third-order valence-electron chi connectivity index (χ3n) is 5.03. The van der Waals surface area contributed by atoms with Crippen molar-refractivity contribution in [3.05, 3.63) is 100 Å². The van der Waals surface area contributed by atoms with E-state index in [0.29, 0.717) is 15.7 Å².